The Morgan fingerprint density at radius 3 is 0.706 bits per heavy atom. The van der Waals surface area contributed by atoms with Gasteiger partial charge < -0.3 is 25.9 Å². The number of phenols is 4. The van der Waals surface area contributed by atoms with E-state index in [4.69, 9.17) is 0 Å². The van der Waals surface area contributed by atoms with Crippen molar-refractivity contribution in [3.05, 3.63) is 119 Å². The standard InChI is InChI=1S/4C10H13NO.2Fe.H2O/c4*1-2-7-11-8-9-5-3-4-6-10(9)12;;;/h4*3-6,8,12H,2,7H2,1H3;;;1H2. The first-order chi connectivity index (χ1) is 23.4. The molecule has 0 unspecified atom stereocenters. The molecule has 0 atom stereocenters. The Bertz CT molecular complexity index is 1320. The molecule has 4 aromatic carbocycles. The SMILES string of the molecule is CCCN=Cc1ccccc1O.CCCN=Cc1ccccc1O.CCCN=Cc1ccccc1O.CCCN=Cc1ccccc1O.O.[Fe].[Fe]. The number of benzene rings is 4. The first-order valence-corrected chi connectivity index (χ1v) is 16.5. The second-order valence-corrected chi connectivity index (χ2v) is 10.4. The molecule has 0 saturated heterocycles. The summed E-state index contributed by atoms with van der Waals surface area (Å²) >= 11 is 0. The van der Waals surface area contributed by atoms with E-state index in [0.717, 1.165) is 74.1 Å². The smallest absolute Gasteiger partial charge is 0.124 e. The van der Waals surface area contributed by atoms with Crippen molar-refractivity contribution in [1.29, 1.82) is 0 Å². The fourth-order valence-corrected chi connectivity index (χ4v) is 3.55. The molecule has 0 heterocycles. The summed E-state index contributed by atoms with van der Waals surface area (Å²) in [5, 5.41) is 37.3. The van der Waals surface area contributed by atoms with Crippen LogP contribution in [-0.2, 0) is 34.1 Å². The molecule has 0 fully saturated rings. The molecule has 0 amide bonds. The minimum Gasteiger partial charge on any atom is -0.507 e. The van der Waals surface area contributed by atoms with Crippen LogP contribution in [0.2, 0.25) is 0 Å². The van der Waals surface area contributed by atoms with Crippen molar-refractivity contribution in [2.45, 2.75) is 53.4 Å². The van der Waals surface area contributed by atoms with E-state index in [2.05, 4.69) is 47.7 Å². The van der Waals surface area contributed by atoms with E-state index in [1.807, 2.05) is 48.5 Å². The Kier molecular flexibility index (Phi) is 34.3. The molecule has 4 rings (SSSR count). The van der Waals surface area contributed by atoms with Crippen LogP contribution in [0.25, 0.3) is 0 Å². The molecule has 6 N–H and O–H groups in total. The molecule has 51 heavy (non-hydrogen) atoms. The molecule has 9 nitrogen and oxygen atoms in total. The predicted molar refractivity (Wildman–Crippen MR) is 207 cm³/mol. The molecule has 11 heteroatoms. The van der Waals surface area contributed by atoms with Gasteiger partial charge in [-0.2, -0.15) is 0 Å². The molecule has 280 valence electrons. The monoisotopic (exact) mass is 782 g/mol. The number of hydrogen-bond donors (Lipinski definition) is 4. The van der Waals surface area contributed by atoms with Crippen LogP contribution < -0.4 is 0 Å². The third kappa shape index (κ3) is 24.5. The Morgan fingerprint density at radius 2 is 0.549 bits per heavy atom. The van der Waals surface area contributed by atoms with E-state index in [1.165, 1.54) is 0 Å². The van der Waals surface area contributed by atoms with Crippen molar-refractivity contribution in [3.63, 3.8) is 0 Å². The van der Waals surface area contributed by atoms with Crippen LogP contribution in [0, 0.1) is 0 Å². The van der Waals surface area contributed by atoms with Crippen molar-refractivity contribution < 1.29 is 60.0 Å². The average Bonchev–Trinajstić information content (AvgIpc) is 3.10. The number of aliphatic imine (C=N–C) groups is 4. The zero-order chi connectivity index (χ0) is 35.2. The second-order valence-electron chi connectivity index (χ2n) is 10.4. The van der Waals surface area contributed by atoms with E-state index in [0.29, 0.717) is 0 Å². The van der Waals surface area contributed by atoms with Gasteiger partial charge in [0.2, 0.25) is 0 Å². The zero-order valence-corrected chi connectivity index (χ0v) is 32.2. The Balaban J connectivity index is -0.000000591. The van der Waals surface area contributed by atoms with Gasteiger partial charge in [0, 0.05) is 107 Å². The fraction of sp³-hybridized carbons (Fsp3) is 0.300. The summed E-state index contributed by atoms with van der Waals surface area (Å²) < 4.78 is 0. The van der Waals surface area contributed by atoms with E-state index in [9.17, 15) is 20.4 Å². The number of para-hydroxylation sites is 4. The molecule has 0 bridgehead atoms. The van der Waals surface area contributed by atoms with Crippen molar-refractivity contribution >= 4 is 24.9 Å². The second kappa shape index (κ2) is 34.2. The summed E-state index contributed by atoms with van der Waals surface area (Å²) in [6.45, 7) is 11.5. The van der Waals surface area contributed by atoms with E-state index >= 15 is 0 Å². The van der Waals surface area contributed by atoms with Gasteiger partial charge in [0.1, 0.15) is 23.0 Å². The molecule has 0 aliphatic heterocycles. The van der Waals surface area contributed by atoms with Crippen LogP contribution in [0.1, 0.15) is 75.6 Å². The van der Waals surface area contributed by atoms with Crippen molar-refractivity contribution in [2.75, 3.05) is 26.2 Å². The average molecular weight is 783 g/mol. The van der Waals surface area contributed by atoms with E-state index in [-0.39, 0.29) is 62.6 Å². The largest absolute Gasteiger partial charge is 0.507 e. The molecule has 0 aliphatic carbocycles. The van der Waals surface area contributed by atoms with Crippen molar-refractivity contribution in [3.8, 4) is 23.0 Å². The number of nitrogens with zero attached hydrogens (tertiary/aromatic N) is 4. The van der Waals surface area contributed by atoms with Gasteiger partial charge in [-0.05, 0) is 74.2 Å². The fourth-order valence-electron chi connectivity index (χ4n) is 3.55. The molecule has 0 aliphatic rings. The van der Waals surface area contributed by atoms with Crippen LogP contribution in [0.5, 0.6) is 23.0 Å². The molecule has 0 spiro atoms. The quantitative estimate of drug-likeness (QED) is 0.0846. The summed E-state index contributed by atoms with van der Waals surface area (Å²) in [4.78, 5) is 16.5. The Hall–Kier alpha value is -4.24. The van der Waals surface area contributed by atoms with Gasteiger partial charge in [0.25, 0.3) is 0 Å². The van der Waals surface area contributed by atoms with Gasteiger partial charge in [0.05, 0.1) is 0 Å². The summed E-state index contributed by atoms with van der Waals surface area (Å²) in [7, 11) is 0. The van der Waals surface area contributed by atoms with Crippen LogP contribution in [0.4, 0.5) is 0 Å². The molecular formula is C40H54Fe2N4O5. The molecule has 4 aromatic rings. The summed E-state index contributed by atoms with van der Waals surface area (Å²) in [5.74, 6) is 1.16. The number of rotatable bonds is 12. The maximum Gasteiger partial charge on any atom is 0.124 e. The Morgan fingerprint density at radius 1 is 0.373 bits per heavy atom. The van der Waals surface area contributed by atoms with Crippen LogP contribution in [-0.4, -0.2) is 76.9 Å². The van der Waals surface area contributed by atoms with Gasteiger partial charge >= 0.3 is 0 Å². The molecule has 0 radical (unpaired) electrons. The number of phenolic OH excluding ortho intramolecular Hbond substituents is 4. The van der Waals surface area contributed by atoms with Crippen molar-refractivity contribution in [1.82, 2.24) is 0 Å². The first kappa shape index (κ1) is 51.1. The van der Waals surface area contributed by atoms with Crippen LogP contribution in [0.15, 0.2) is 117 Å². The number of hydrogen-bond acceptors (Lipinski definition) is 8. The zero-order valence-electron chi connectivity index (χ0n) is 30.0. The molecule has 0 saturated carbocycles. The first-order valence-electron chi connectivity index (χ1n) is 16.5. The topological polar surface area (TPSA) is 162 Å². The van der Waals surface area contributed by atoms with Crippen LogP contribution >= 0.6 is 0 Å². The van der Waals surface area contributed by atoms with Gasteiger partial charge in [-0.3, -0.25) is 20.0 Å². The van der Waals surface area contributed by atoms with Crippen LogP contribution in [0.3, 0.4) is 0 Å². The summed E-state index contributed by atoms with van der Waals surface area (Å²) in [5.41, 5.74) is 3.13. The maximum absolute atomic E-state index is 9.32. The van der Waals surface area contributed by atoms with E-state index in [1.54, 1.807) is 73.4 Å². The minimum absolute atomic E-state index is 0. The maximum atomic E-state index is 9.32. The van der Waals surface area contributed by atoms with Gasteiger partial charge in [-0.1, -0.05) is 76.2 Å². The molecular weight excluding hydrogens is 728 g/mol. The minimum atomic E-state index is 0. The third-order valence-corrected chi connectivity index (χ3v) is 6.08. The summed E-state index contributed by atoms with van der Waals surface area (Å²) in [6.07, 6.45) is 11.0. The van der Waals surface area contributed by atoms with E-state index < -0.39 is 0 Å². The normalized spacial score (nSPS) is 10.1. The predicted octanol–water partition coefficient (Wildman–Crippen LogP) is 8.05. The van der Waals surface area contributed by atoms with Gasteiger partial charge in [-0.15, -0.1) is 0 Å². The van der Waals surface area contributed by atoms with Gasteiger partial charge in [-0.25, -0.2) is 0 Å². The Labute approximate surface area is 325 Å². The van der Waals surface area contributed by atoms with Gasteiger partial charge in [0.15, 0.2) is 0 Å². The summed E-state index contributed by atoms with van der Waals surface area (Å²) in [6, 6.07) is 28.7. The third-order valence-electron chi connectivity index (χ3n) is 6.08. The van der Waals surface area contributed by atoms with Crippen molar-refractivity contribution in [2.24, 2.45) is 20.0 Å². The molecule has 0 aromatic heterocycles. The number of aromatic hydroxyl groups is 4.